The number of anilines is 1. The smallest absolute Gasteiger partial charge is 0.147 e. The second-order valence-electron chi connectivity index (χ2n) is 5.33. The normalized spacial score (nSPS) is 14.1. The molecule has 2 aromatic heterocycles. The lowest BCUT2D eigenvalue weighted by atomic mass is 10.1. The van der Waals surface area contributed by atoms with Crippen molar-refractivity contribution in [3.63, 3.8) is 0 Å². The monoisotopic (exact) mass is 267 g/mol. The van der Waals surface area contributed by atoms with Crippen LogP contribution in [0.4, 0.5) is 5.82 Å². The Bertz CT molecular complexity index is 651. The van der Waals surface area contributed by atoms with E-state index in [1.807, 2.05) is 32.0 Å². The lowest BCUT2D eigenvalue weighted by molar-refractivity contribution is 0.500. The van der Waals surface area contributed by atoms with E-state index in [0.717, 1.165) is 35.7 Å². The minimum atomic E-state index is 0.473. The third-order valence-electron chi connectivity index (χ3n) is 3.60. The molecule has 2 heterocycles. The van der Waals surface area contributed by atoms with Crippen molar-refractivity contribution in [2.75, 3.05) is 4.90 Å². The number of hydrogen-bond donors (Lipinski definition) is 0. The van der Waals surface area contributed by atoms with Gasteiger partial charge in [0.05, 0.1) is 18.4 Å². The maximum absolute atomic E-state index is 9.43. The summed E-state index contributed by atoms with van der Waals surface area (Å²) in [7, 11) is 0. The first-order chi connectivity index (χ1) is 9.69. The molecule has 0 saturated heterocycles. The summed E-state index contributed by atoms with van der Waals surface area (Å²) in [6.45, 7) is 4.60. The van der Waals surface area contributed by atoms with E-state index in [1.165, 1.54) is 0 Å². The van der Waals surface area contributed by atoms with Crippen molar-refractivity contribution in [1.82, 2.24) is 4.98 Å². The molecule has 1 aliphatic carbocycles. The van der Waals surface area contributed by atoms with E-state index in [9.17, 15) is 5.26 Å². The zero-order chi connectivity index (χ0) is 14.1. The summed E-state index contributed by atoms with van der Waals surface area (Å²) in [6.07, 6.45) is 3.99. The van der Waals surface area contributed by atoms with Crippen molar-refractivity contribution >= 4 is 5.82 Å². The predicted molar refractivity (Wildman–Crippen MR) is 76.3 cm³/mol. The van der Waals surface area contributed by atoms with Crippen LogP contribution in [0.1, 0.15) is 35.4 Å². The maximum atomic E-state index is 9.43. The van der Waals surface area contributed by atoms with Crippen LogP contribution in [0.15, 0.2) is 28.9 Å². The molecular weight excluding hydrogens is 250 g/mol. The van der Waals surface area contributed by atoms with Crippen molar-refractivity contribution in [1.29, 1.82) is 5.26 Å². The molecule has 4 heteroatoms. The number of nitrogens with zero attached hydrogens (tertiary/aromatic N) is 3. The summed E-state index contributed by atoms with van der Waals surface area (Å²) >= 11 is 0. The summed E-state index contributed by atoms with van der Waals surface area (Å²) in [6, 6.07) is 8.58. The molecule has 0 bridgehead atoms. The summed E-state index contributed by atoms with van der Waals surface area (Å²) in [5.74, 6) is 1.70. The Labute approximate surface area is 118 Å². The van der Waals surface area contributed by atoms with Crippen molar-refractivity contribution < 1.29 is 4.42 Å². The van der Waals surface area contributed by atoms with Gasteiger partial charge in [-0.2, -0.15) is 5.26 Å². The number of furan rings is 1. The third-order valence-corrected chi connectivity index (χ3v) is 3.60. The fraction of sp³-hybridized carbons (Fsp3) is 0.375. The quantitative estimate of drug-likeness (QED) is 0.852. The molecule has 1 saturated carbocycles. The lowest BCUT2D eigenvalue weighted by Gasteiger charge is -2.24. The zero-order valence-corrected chi connectivity index (χ0v) is 11.8. The van der Waals surface area contributed by atoms with Gasteiger partial charge in [0.15, 0.2) is 0 Å². The fourth-order valence-corrected chi connectivity index (χ4v) is 2.50. The topological polar surface area (TPSA) is 53.1 Å². The second-order valence-corrected chi connectivity index (χ2v) is 5.33. The number of nitriles is 1. The van der Waals surface area contributed by atoms with Gasteiger partial charge in [-0.25, -0.2) is 4.98 Å². The zero-order valence-electron chi connectivity index (χ0n) is 11.8. The Hall–Kier alpha value is -2.28. The van der Waals surface area contributed by atoms with Crippen molar-refractivity contribution in [3.8, 4) is 6.07 Å². The van der Waals surface area contributed by atoms with E-state index in [2.05, 4.69) is 16.0 Å². The van der Waals surface area contributed by atoms with Crippen LogP contribution in [0, 0.1) is 25.2 Å². The van der Waals surface area contributed by atoms with Crippen LogP contribution in [-0.4, -0.2) is 11.0 Å². The molecule has 1 aliphatic rings. The van der Waals surface area contributed by atoms with Gasteiger partial charge in [-0.1, -0.05) is 0 Å². The summed E-state index contributed by atoms with van der Waals surface area (Å²) < 4.78 is 5.45. The van der Waals surface area contributed by atoms with Gasteiger partial charge in [-0.15, -0.1) is 0 Å². The molecular formula is C16H17N3O. The standard InChI is InChI=1S/C16H17N3O/c1-11-8-12(2)18-16(15(11)9-17)19(13-5-6-13)10-14-4-3-7-20-14/h3-4,7-8,13H,5-6,10H2,1-2H3. The van der Waals surface area contributed by atoms with Crippen LogP contribution < -0.4 is 4.90 Å². The van der Waals surface area contributed by atoms with Crippen LogP contribution >= 0.6 is 0 Å². The van der Waals surface area contributed by atoms with Gasteiger partial charge in [-0.05, 0) is 50.5 Å². The molecule has 0 radical (unpaired) electrons. The van der Waals surface area contributed by atoms with Gasteiger partial charge in [0, 0.05) is 11.7 Å². The van der Waals surface area contributed by atoms with E-state index >= 15 is 0 Å². The highest BCUT2D eigenvalue weighted by Crippen LogP contribution is 2.34. The minimum absolute atomic E-state index is 0.473. The molecule has 0 unspecified atom stereocenters. The van der Waals surface area contributed by atoms with Crippen LogP contribution in [0.2, 0.25) is 0 Å². The molecule has 2 aromatic rings. The van der Waals surface area contributed by atoms with Gasteiger partial charge in [0.25, 0.3) is 0 Å². The van der Waals surface area contributed by atoms with Crippen molar-refractivity contribution in [3.05, 3.63) is 47.0 Å². The van der Waals surface area contributed by atoms with Crippen LogP contribution in [0.5, 0.6) is 0 Å². The predicted octanol–water partition coefficient (Wildman–Crippen LogP) is 3.33. The minimum Gasteiger partial charge on any atom is -0.467 e. The summed E-state index contributed by atoms with van der Waals surface area (Å²) in [4.78, 5) is 6.81. The molecule has 3 rings (SSSR count). The molecule has 0 amide bonds. The number of hydrogen-bond acceptors (Lipinski definition) is 4. The number of aryl methyl sites for hydroxylation is 2. The first-order valence-corrected chi connectivity index (χ1v) is 6.86. The number of pyridine rings is 1. The highest BCUT2D eigenvalue weighted by atomic mass is 16.3. The summed E-state index contributed by atoms with van der Waals surface area (Å²) in [5, 5.41) is 9.43. The Morgan fingerprint density at radius 1 is 1.45 bits per heavy atom. The highest BCUT2D eigenvalue weighted by Gasteiger charge is 2.32. The molecule has 0 N–H and O–H groups in total. The van der Waals surface area contributed by atoms with E-state index in [0.29, 0.717) is 18.2 Å². The SMILES string of the molecule is Cc1cc(C)c(C#N)c(N(Cc2ccco2)C2CC2)n1. The Morgan fingerprint density at radius 3 is 2.85 bits per heavy atom. The average molecular weight is 267 g/mol. The van der Waals surface area contributed by atoms with Gasteiger partial charge < -0.3 is 9.32 Å². The molecule has 0 spiro atoms. The average Bonchev–Trinajstić information content (AvgIpc) is 3.12. The molecule has 0 atom stereocenters. The van der Waals surface area contributed by atoms with Gasteiger partial charge >= 0.3 is 0 Å². The van der Waals surface area contributed by atoms with Crippen molar-refractivity contribution in [2.45, 2.75) is 39.3 Å². The molecule has 0 aromatic carbocycles. The molecule has 102 valence electrons. The van der Waals surface area contributed by atoms with E-state index in [-0.39, 0.29) is 0 Å². The Balaban J connectivity index is 2.01. The first kappa shape index (κ1) is 12.7. The Morgan fingerprint density at radius 2 is 2.25 bits per heavy atom. The fourth-order valence-electron chi connectivity index (χ4n) is 2.50. The Kier molecular flexibility index (Phi) is 3.19. The third kappa shape index (κ3) is 2.39. The lowest BCUT2D eigenvalue weighted by Crippen LogP contribution is -2.27. The maximum Gasteiger partial charge on any atom is 0.147 e. The largest absolute Gasteiger partial charge is 0.467 e. The van der Waals surface area contributed by atoms with Crippen LogP contribution in [-0.2, 0) is 6.54 Å². The second kappa shape index (κ2) is 5.01. The molecule has 1 fully saturated rings. The molecule has 4 nitrogen and oxygen atoms in total. The van der Waals surface area contributed by atoms with Crippen LogP contribution in [0.25, 0.3) is 0 Å². The number of rotatable bonds is 4. The molecule has 0 aliphatic heterocycles. The van der Waals surface area contributed by atoms with Gasteiger partial charge in [0.2, 0.25) is 0 Å². The van der Waals surface area contributed by atoms with E-state index in [1.54, 1.807) is 6.26 Å². The first-order valence-electron chi connectivity index (χ1n) is 6.86. The van der Waals surface area contributed by atoms with Gasteiger partial charge in [0.1, 0.15) is 17.6 Å². The summed E-state index contributed by atoms with van der Waals surface area (Å²) in [5.41, 5.74) is 2.61. The number of aromatic nitrogens is 1. The van der Waals surface area contributed by atoms with Gasteiger partial charge in [-0.3, -0.25) is 0 Å². The van der Waals surface area contributed by atoms with E-state index in [4.69, 9.17) is 4.42 Å². The molecule has 20 heavy (non-hydrogen) atoms. The van der Waals surface area contributed by atoms with Crippen LogP contribution in [0.3, 0.4) is 0 Å². The highest BCUT2D eigenvalue weighted by molar-refractivity contribution is 5.59. The van der Waals surface area contributed by atoms with Crippen molar-refractivity contribution in [2.24, 2.45) is 0 Å². The van der Waals surface area contributed by atoms with E-state index < -0.39 is 0 Å².